The van der Waals surface area contributed by atoms with Gasteiger partial charge in [0.15, 0.2) is 0 Å². The van der Waals surface area contributed by atoms with Crippen LogP contribution in [0.25, 0.3) is 0 Å². The molecule has 0 saturated heterocycles. The first-order valence-electron chi connectivity index (χ1n) is 8.91. The Morgan fingerprint density at radius 1 is 1.04 bits per heavy atom. The summed E-state index contributed by atoms with van der Waals surface area (Å²) in [7, 11) is 0. The van der Waals surface area contributed by atoms with Crippen molar-refractivity contribution in [1.82, 2.24) is 0 Å². The van der Waals surface area contributed by atoms with Crippen molar-refractivity contribution in [3.63, 3.8) is 0 Å². The number of hydroxylamine groups is 1. The lowest BCUT2D eigenvalue weighted by Crippen LogP contribution is -2.25. The van der Waals surface area contributed by atoms with Crippen molar-refractivity contribution < 1.29 is 4.84 Å². The van der Waals surface area contributed by atoms with Gasteiger partial charge in [0, 0.05) is 34.4 Å². The number of halogens is 2. The van der Waals surface area contributed by atoms with Crippen molar-refractivity contribution in [3.05, 3.63) is 69.4 Å². The summed E-state index contributed by atoms with van der Waals surface area (Å²) in [4.78, 5) is 8.35. The third kappa shape index (κ3) is 3.51. The fourth-order valence-electron chi connectivity index (χ4n) is 3.40. The molecule has 0 N–H and O–H groups in total. The van der Waals surface area contributed by atoms with Crippen molar-refractivity contribution in [3.8, 4) is 0 Å². The quantitative estimate of drug-likeness (QED) is 0.575. The minimum Gasteiger partial charge on any atom is -0.384 e. The Morgan fingerprint density at radius 2 is 1.69 bits per heavy atom. The highest BCUT2D eigenvalue weighted by molar-refractivity contribution is 6.36. The molecule has 138 valence electrons. The van der Waals surface area contributed by atoms with E-state index in [4.69, 9.17) is 28.0 Å². The molecular weight excluding hydrogens is 367 g/mol. The summed E-state index contributed by atoms with van der Waals surface area (Å²) in [6.45, 7) is 10.3. The van der Waals surface area contributed by atoms with Crippen LogP contribution in [0.15, 0.2) is 48.2 Å². The molecule has 3 rings (SSSR count). The molecule has 1 atom stereocenters. The van der Waals surface area contributed by atoms with Crippen LogP contribution in [-0.4, -0.2) is 13.1 Å². The van der Waals surface area contributed by atoms with E-state index in [0.717, 1.165) is 35.7 Å². The molecule has 2 aromatic rings. The molecule has 0 aromatic heterocycles. The summed E-state index contributed by atoms with van der Waals surface area (Å²) in [5.74, 6) is 0.832. The van der Waals surface area contributed by atoms with Gasteiger partial charge in [0.25, 0.3) is 0 Å². The predicted molar refractivity (Wildman–Crippen MR) is 111 cm³/mol. The van der Waals surface area contributed by atoms with Gasteiger partial charge in [-0.15, -0.1) is 0 Å². The molecule has 0 amide bonds. The fourth-order valence-corrected chi connectivity index (χ4v) is 4.02. The number of anilines is 2. The van der Waals surface area contributed by atoms with Gasteiger partial charge in [-0.2, -0.15) is 5.06 Å². The van der Waals surface area contributed by atoms with Gasteiger partial charge >= 0.3 is 0 Å². The second-order valence-electron chi connectivity index (χ2n) is 6.42. The Hall–Kier alpha value is -1.84. The van der Waals surface area contributed by atoms with Gasteiger partial charge in [-0.3, -0.25) is 0 Å². The van der Waals surface area contributed by atoms with Crippen LogP contribution in [-0.2, 0) is 4.84 Å². The van der Waals surface area contributed by atoms with Gasteiger partial charge in [0.05, 0.1) is 5.69 Å². The number of allylic oxidation sites excluding steroid dienone is 1. The smallest absolute Gasteiger partial charge is 0.127 e. The predicted octanol–water partition coefficient (Wildman–Crippen LogP) is 6.54. The highest BCUT2D eigenvalue weighted by Crippen LogP contribution is 2.42. The van der Waals surface area contributed by atoms with E-state index >= 15 is 0 Å². The van der Waals surface area contributed by atoms with Gasteiger partial charge in [-0.1, -0.05) is 29.3 Å². The van der Waals surface area contributed by atoms with E-state index in [0.29, 0.717) is 10.0 Å². The maximum Gasteiger partial charge on any atom is 0.127 e. The number of hydrogen-bond acceptors (Lipinski definition) is 3. The van der Waals surface area contributed by atoms with E-state index in [2.05, 4.69) is 43.9 Å². The van der Waals surface area contributed by atoms with Gasteiger partial charge < -0.3 is 9.74 Å². The van der Waals surface area contributed by atoms with Crippen molar-refractivity contribution in [2.24, 2.45) is 0 Å². The van der Waals surface area contributed by atoms with Crippen molar-refractivity contribution >= 4 is 34.6 Å². The minimum atomic E-state index is -0.158. The van der Waals surface area contributed by atoms with Crippen LogP contribution in [0.4, 0.5) is 11.4 Å². The fraction of sp³-hybridized carbons (Fsp3) is 0.333. The van der Waals surface area contributed by atoms with Crippen LogP contribution in [0, 0.1) is 6.92 Å². The highest BCUT2D eigenvalue weighted by atomic mass is 35.5. The van der Waals surface area contributed by atoms with Crippen molar-refractivity contribution in [2.45, 2.75) is 33.7 Å². The number of hydrogen-bond donors (Lipinski definition) is 0. The van der Waals surface area contributed by atoms with Gasteiger partial charge in [-0.05, 0) is 69.7 Å². The molecular formula is C21H24Cl2N2O. The van der Waals surface area contributed by atoms with Crippen LogP contribution in [0.3, 0.4) is 0 Å². The molecule has 26 heavy (non-hydrogen) atoms. The lowest BCUT2D eigenvalue weighted by Gasteiger charge is -2.29. The Morgan fingerprint density at radius 3 is 2.27 bits per heavy atom. The van der Waals surface area contributed by atoms with Crippen LogP contribution in [0.2, 0.25) is 10.0 Å². The zero-order valence-electron chi connectivity index (χ0n) is 15.6. The number of benzene rings is 2. The van der Waals surface area contributed by atoms with Crippen molar-refractivity contribution in [1.29, 1.82) is 0 Å². The zero-order chi connectivity index (χ0) is 18.8. The van der Waals surface area contributed by atoms with Crippen LogP contribution in [0.5, 0.6) is 0 Å². The third-order valence-electron chi connectivity index (χ3n) is 4.73. The summed E-state index contributed by atoms with van der Waals surface area (Å²) in [5.41, 5.74) is 4.23. The molecule has 1 heterocycles. The summed E-state index contributed by atoms with van der Waals surface area (Å²) in [5, 5.41) is 3.17. The monoisotopic (exact) mass is 390 g/mol. The largest absolute Gasteiger partial charge is 0.384 e. The molecule has 1 unspecified atom stereocenters. The first-order chi connectivity index (χ1) is 12.5. The maximum absolute atomic E-state index is 6.45. The molecule has 0 saturated carbocycles. The molecule has 0 spiro atoms. The van der Waals surface area contributed by atoms with Gasteiger partial charge in [-0.25, -0.2) is 0 Å². The highest BCUT2D eigenvalue weighted by Gasteiger charge is 2.31. The molecule has 1 aliphatic heterocycles. The van der Waals surface area contributed by atoms with E-state index in [9.17, 15) is 0 Å². The molecule has 1 aliphatic rings. The van der Waals surface area contributed by atoms with E-state index in [1.54, 1.807) is 0 Å². The summed E-state index contributed by atoms with van der Waals surface area (Å²) >= 11 is 12.9. The normalized spacial score (nSPS) is 16.5. The molecule has 0 aliphatic carbocycles. The Labute approximate surface area is 165 Å². The molecule has 2 aromatic carbocycles. The van der Waals surface area contributed by atoms with E-state index in [-0.39, 0.29) is 6.04 Å². The lowest BCUT2D eigenvalue weighted by molar-refractivity contribution is 0.195. The first-order valence-corrected chi connectivity index (χ1v) is 9.67. The van der Waals surface area contributed by atoms with Crippen LogP contribution in [0.1, 0.15) is 37.9 Å². The zero-order valence-corrected chi connectivity index (χ0v) is 17.1. The topological polar surface area (TPSA) is 15.7 Å². The molecule has 3 nitrogen and oxygen atoms in total. The maximum atomic E-state index is 6.45. The second-order valence-corrected chi connectivity index (χ2v) is 7.23. The van der Waals surface area contributed by atoms with Crippen molar-refractivity contribution in [2.75, 3.05) is 23.1 Å². The van der Waals surface area contributed by atoms with Crippen LogP contribution < -0.4 is 9.96 Å². The molecule has 5 heteroatoms. The average Bonchev–Trinajstić information content (AvgIpc) is 2.97. The van der Waals surface area contributed by atoms with E-state index in [1.165, 1.54) is 5.69 Å². The van der Waals surface area contributed by atoms with Crippen LogP contribution >= 0.6 is 23.2 Å². The number of rotatable bonds is 5. The SMILES string of the molecule is CCN(CC)c1ccc(N2OC(C)=CC2c2c(Cl)cccc2Cl)c(C)c1. The van der Waals surface area contributed by atoms with Gasteiger partial charge in [0.1, 0.15) is 11.8 Å². The summed E-state index contributed by atoms with van der Waals surface area (Å²) < 4.78 is 0. The Balaban J connectivity index is 2.01. The van der Waals surface area contributed by atoms with E-state index < -0.39 is 0 Å². The molecule has 0 fully saturated rings. The molecule has 0 bridgehead atoms. The summed E-state index contributed by atoms with van der Waals surface area (Å²) in [6.07, 6.45) is 2.05. The first kappa shape index (κ1) is 18.9. The lowest BCUT2D eigenvalue weighted by atomic mass is 10.0. The number of aryl methyl sites for hydroxylation is 1. The number of nitrogens with zero attached hydrogens (tertiary/aromatic N) is 2. The standard InChI is InChI=1S/C21H24Cl2N2O/c1-5-24(6-2)16-10-11-19(14(3)12-16)25-20(13-15(4)26-25)21-17(22)8-7-9-18(21)23/h7-13,20H,5-6H2,1-4H3. The summed E-state index contributed by atoms with van der Waals surface area (Å²) in [6, 6.07) is 11.9. The third-order valence-corrected chi connectivity index (χ3v) is 5.39. The molecule has 0 radical (unpaired) electrons. The van der Waals surface area contributed by atoms with E-state index in [1.807, 2.05) is 36.3 Å². The Kier molecular flexibility index (Phi) is 5.69. The average molecular weight is 391 g/mol. The second kappa shape index (κ2) is 7.81. The van der Waals surface area contributed by atoms with Gasteiger partial charge in [0.2, 0.25) is 0 Å². The minimum absolute atomic E-state index is 0.158. The Bertz CT molecular complexity index is 811.